The molecule has 158 valence electrons. The van der Waals surface area contributed by atoms with E-state index in [0.29, 0.717) is 17.7 Å². The minimum Gasteiger partial charge on any atom is -0.497 e. The fourth-order valence-electron chi connectivity index (χ4n) is 2.60. The standard InChI is InChI=1S/C22H24N2O6/c1-15(25)19(11-16-7-4-3-5-8-16)24-20(26)14-30-21(27)13-23-22(28)17-9-6-10-18(12-17)29-2/h3-10,12,19H,11,13-14H2,1-2H3,(H,23,28)(H,24,26)/t19-/m1/s1. The Balaban J connectivity index is 1.76. The Kier molecular flexibility index (Phi) is 8.56. The second-order valence-corrected chi connectivity index (χ2v) is 6.50. The van der Waals surface area contributed by atoms with Gasteiger partial charge >= 0.3 is 5.97 Å². The van der Waals surface area contributed by atoms with Crippen molar-refractivity contribution >= 4 is 23.6 Å². The first-order chi connectivity index (χ1) is 14.4. The molecular weight excluding hydrogens is 388 g/mol. The summed E-state index contributed by atoms with van der Waals surface area (Å²) in [4.78, 5) is 47.7. The normalized spacial score (nSPS) is 11.1. The van der Waals surface area contributed by atoms with Crippen LogP contribution in [0.1, 0.15) is 22.8 Å². The Labute approximate surface area is 174 Å². The molecule has 0 unspecified atom stereocenters. The summed E-state index contributed by atoms with van der Waals surface area (Å²) in [6.07, 6.45) is 0.340. The smallest absolute Gasteiger partial charge is 0.325 e. The first-order valence-electron chi connectivity index (χ1n) is 9.30. The third kappa shape index (κ3) is 7.38. The van der Waals surface area contributed by atoms with Crippen LogP contribution in [-0.2, 0) is 25.5 Å². The van der Waals surface area contributed by atoms with E-state index in [1.54, 1.807) is 18.2 Å². The maximum Gasteiger partial charge on any atom is 0.325 e. The summed E-state index contributed by atoms with van der Waals surface area (Å²) in [5.74, 6) is -1.54. The monoisotopic (exact) mass is 412 g/mol. The quantitative estimate of drug-likeness (QED) is 0.569. The van der Waals surface area contributed by atoms with Gasteiger partial charge in [-0.05, 0) is 37.1 Å². The van der Waals surface area contributed by atoms with E-state index in [0.717, 1.165) is 5.56 Å². The molecule has 0 aliphatic heterocycles. The topological polar surface area (TPSA) is 111 Å². The van der Waals surface area contributed by atoms with Crippen molar-refractivity contribution in [3.63, 3.8) is 0 Å². The van der Waals surface area contributed by atoms with Gasteiger partial charge in [-0.2, -0.15) is 0 Å². The highest BCUT2D eigenvalue weighted by Crippen LogP contribution is 2.12. The zero-order valence-corrected chi connectivity index (χ0v) is 16.8. The van der Waals surface area contributed by atoms with E-state index in [9.17, 15) is 19.2 Å². The Morgan fingerprint density at radius 2 is 1.73 bits per heavy atom. The van der Waals surface area contributed by atoms with Gasteiger partial charge in [-0.15, -0.1) is 0 Å². The molecule has 0 saturated carbocycles. The van der Waals surface area contributed by atoms with Crippen LogP contribution in [-0.4, -0.2) is 49.9 Å². The highest BCUT2D eigenvalue weighted by atomic mass is 16.5. The third-order valence-electron chi connectivity index (χ3n) is 4.20. The second-order valence-electron chi connectivity index (χ2n) is 6.50. The maximum absolute atomic E-state index is 12.1. The van der Waals surface area contributed by atoms with Crippen LogP contribution in [0.4, 0.5) is 0 Å². The SMILES string of the molecule is COc1cccc(C(=O)NCC(=O)OCC(=O)N[C@H](Cc2ccccc2)C(C)=O)c1. The highest BCUT2D eigenvalue weighted by molar-refractivity contribution is 5.96. The molecule has 0 aliphatic carbocycles. The second kappa shape index (κ2) is 11.4. The Bertz CT molecular complexity index is 898. The van der Waals surface area contributed by atoms with Gasteiger partial charge in [0.15, 0.2) is 12.4 Å². The summed E-state index contributed by atoms with van der Waals surface area (Å²) in [5, 5.41) is 4.97. The predicted molar refractivity (Wildman–Crippen MR) is 109 cm³/mol. The van der Waals surface area contributed by atoms with Crippen LogP contribution < -0.4 is 15.4 Å². The van der Waals surface area contributed by atoms with E-state index in [4.69, 9.17) is 9.47 Å². The van der Waals surface area contributed by atoms with Crippen molar-refractivity contribution in [1.29, 1.82) is 0 Å². The number of methoxy groups -OCH3 is 1. The molecule has 2 aromatic rings. The maximum atomic E-state index is 12.1. The van der Waals surface area contributed by atoms with Crippen LogP contribution in [0.5, 0.6) is 5.75 Å². The number of rotatable bonds is 10. The Hall–Kier alpha value is -3.68. The fourth-order valence-corrected chi connectivity index (χ4v) is 2.60. The van der Waals surface area contributed by atoms with Gasteiger partial charge in [0, 0.05) is 5.56 Å². The molecule has 0 radical (unpaired) electrons. The summed E-state index contributed by atoms with van der Waals surface area (Å²) in [5.41, 5.74) is 1.22. The van der Waals surface area contributed by atoms with Crippen LogP contribution in [0, 0.1) is 0 Å². The lowest BCUT2D eigenvalue weighted by Crippen LogP contribution is -2.43. The minimum absolute atomic E-state index is 0.205. The number of hydrogen-bond acceptors (Lipinski definition) is 6. The average molecular weight is 412 g/mol. The van der Waals surface area contributed by atoms with Crippen LogP contribution in [0.15, 0.2) is 54.6 Å². The van der Waals surface area contributed by atoms with Crippen LogP contribution >= 0.6 is 0 Å². The van der Waals surface area contributed by atoms with Crippen molar-refractivity contribution in [3.8, 4) is 5.75 Å². The number of benzene rings is 2. The Morgan fingerprint density at radius 1 is 1.00 bits per heavy atom. The third-order valence-corrected chi connectivity index (χ3v) is 4.20. The van der Waals surface area contributed by atoms with Crippen molar-refractivity contribution in [2.75, 3.05) is 20.3 Å². The predicted octanol–water partition coefficient (Wildman–Crippen LogP) is 1.28. The van der Waals surface area contributed by atoms with E-state index >= 15 is 0 Å². The lowest BCUT2D eigenvalue weighted by atomic mass is 10.0. The molecule has 8 nitrogen and oxygen atoms in total. The summed E-state index contributed by atoms with van der Waals surface area (Å²) in [7, 11) is 1.48. The number of nitrogens with one attached hydrogen (secondary N) is 2. The minimum atomic E-state index is -0.774. The molecule has 0 heterocycles. The van der Waals surface area contributed by atoms with E-state index in [1.165, 1.54) is 20.1 Å². The zero-order valence-electron chi connectivity index (χ0n) is 16.8. The zero-order chi connectivity index (χ0) is 21.9. The van der Waals surface area contributed by atoms with Crippen molar-refractivity contribution < 1.29 is 28.7 Å². The molecule has 1 atom stereocenters. The molecule has 2 rings (SSSR count). The van der Waals surface area contributed by atoms with Crippen molar-refractivity contribution in [1.82, 2.24) is 10.6 Å². The molecular formula is C22H24N2O6. The largest absolute Gasteiger partial charge is 0.497 e. The molecule has 0 bridgehead atoms. The number of carbonyl (C=O) groups is 4. The molecule has 2 N–H and O–H groups in total. The van der Waals surface area contributed by atoms with E-state index in [1.807, 2.05) is 30.3 Å². The lowest BCUT2D eigenvalue weighted by Gasteiger charge is -2.16. The fraction of sp³-hybridized carbons (Fsp3) is 0.273. The molecule has 2 aromatic carbocycles. The summed E-state index contributed by atoms with van der Waals surface area (Å²) >= 11 is 0. The van der Waals surface area contributed by atoms with Crippen molar-refractivity contribution in [2.45, 2.75) is 19.4 Å². The molecule has 0 aromatic heterocycles. The van der Waals surface area contributed by atoms with E-state index < -0.39 is 37.0 Å². The first kappa shape index (κ1) is 22.6. The number of Topliss-reactive ketones (excluding diaryl/α,β-unsaturated/α-hetero) is 1. The molecule has 0 spiro atoms. The van der Waals surface area contributed by atoms with Crippen molar-refractivity contribution in [3.05, 3.63) is 65.7 Å². The number of ether oxygens (including phenoxy) is 2. The number of carbonyl (C=O) groups excluding carboxylic acids is 4. The number of hydrogen-bond donors (Lipinski definition) is 2. The van der Waals surface area contributed by atoms with Crippen LogP contribution in [0.3, 0.4) is 0 Å². The van der Waals surface area contributed by atoms with Gasteiger partial charge < -0.3 is 20.1 Å². The lowest BCUT2D eigenvalue weighted by molar-refractivity contribution is -0.147. The molecule has 0 fully saturated rings. The van der Waals surface area contributed by atoms with Gasteiger partial charge in [0.05, 0.1) is 13.2 Å². The summed E-state index contributed by atoms with van der Waals surface area (Å²) in [6.45, 7) is 0.434. The van der Waals surface area contributed by atoms with Gasteiger partial charge in [0.1, 0.15) is 12.3 Å². The van der Waals surface area contributed by atoms with Gasteiger partial charge in [0.2, 0.25) is 0 Å². The summed E-state index contributed by atoms with van der Waals surface area (Å²) < 4.78 is 9.91. The van der Waals surface area contributed by atoms with Gasteiger partial charge in [-0.1, -0.05) is 36.4 Å². The molecule has 0 saturated heterocycles. The van der Waals surface area contributed by atoms with Crippen LogP contribution in [0.25, 0.3) is 0 Å². The first-order valence-corrected chi connectivity index (χ1v) is 9.30. The molecule has 30 heavy (non-hydrogen) atoms. The highest BCUT2D eigenvalue weighted by Gasteiger charge is 2.19. The van der Waals surface area contributed by atoms with Gasteiger partial charge in [-0.3, -0.25) is 19.2 Å². The number of ketones is 1. The number of amides is 2. The summed E-state index contributed by atoms with van der Waals surface area (Å²) in [6, 6.07) is 15.0. The number of esters is 1. The average Bonchev–Trinajstić information content (AvgIpc) is 2.76. The van der Waals surface area contributed by atoms with Gasteiger partial charge in [0.25, 0.3) is 11.8 Å². The van der Waals surface area contributed by atoms with Gasteiger partial charge in [-0.25, -0.2) is 0 Å². The molecule has 8 heteroatoms. The Morgan fingerprint density at radius 3 is 2.40 bits per heavy atom. The van der Waals surface area contributed by atoms with Crippen LogP contribution in [0.2, 0.25) is 0 Å². The molecule has 2 amide bonds. The van der Waals surface area contributed by atoms with E-state index in [-0.39, 0.29) is 5.78 Å². The van der Waals surface area contributed by atoms with E-state index in [2.05, 4.69) is 10.6 Å². The molecule has 0 aliphatic rings. The van der Waals surface area contributed by atoms with Crippen molar-refractivity contribution in [2.24, 2.45) is 0 Å².